The van der Waals surface area contributed by atoms with Gasteiger partial charge in [-0.1, -0.05) is 49.0 Å². The van der Waals surface area contributed by atoms with E-state index in [1.807, 2.05) is 6.92 Å². The van der Waals surface area contributed by atoms with Gasteiger partial charge < -0.3 is 11.1 Å². The molecule has 0 heterocycles. The van der Waals surface area contributed by atoms with Gasteiger partial charge in [0.05, 0.1) is 0 Å². The van der Waals surface area contributed by atoms with Gasteiger partial charge in [0.15, 0.2) is 0 Å². The summed E-state index contributed by atoms with van der Waals surface area (Å²) in [6, 6.07) is 14.7. The second kappa shape index (κ2) is 5.41. The van der Waals surface area contributed by atoms with Crippen LogP contribution in [0.1, 0.15) is 12.5 Å². The Morgan fingerprint density at radius 2 is 1.94 bits per heavy atom. The zero-order valence-corrected chi connectivity index (χ0v) is 10.6. The van der Waals surface area contributed by atoms with E-state index in [1.54, 1.807) is 6.20 Å². The zero-order valence-electron chi connectivity index (χ0n) is 10.6. The lowest BCUT2D eigenvalue weighted by Gasteiger charge is -2.10. The summed E-state index contributed by atoms with van der Waals surface area (Å²) in [5.74, 6) is 0. The summed E-state index contributed by atoms with van der Waals surface area (Å²) < 4.78 is 0. The standard InChI is InChI=1S/C16H18N2/c1-3-18-12(2)16(17)11-14-9-6-8-13-7-4-5-10-15(13)14/h3-10,18H,1,11,17H2,2H3/b16-12-. The van der Waals surface area contributed by atoms with E-state index >= 15 is 0 Å². The van der Waals surface area contributed by atoms with E-state index in [-0.39, 0.29) is 0 Å². The van der Waals surface area contributed by atoms with Crippen molar-refractivity contribution in [3.8, 4) is 0 Å². The van der Waals surface area contributed by atoms with Crippen LogP contribution >= 0.6 is 0 Å². The fourth-order valence-corrected chi connectivity index (χ4v) is 2.03. The molecule has 0 unspecified atom stereocenters. The van der Waals surface area contributed by atoms with Crippen molar-refractivity contribution in [3.63, 3.8) is 0 Å². The van der Waals surface area contributed by atoms with E-state index in [2.05, 4.69) is 54.4 Å². The smallest absolute Gasteiger partial charge is 0.0318 e. The summed E-state index contributed by atoms with van der Waals surface area (Å²) in [6.07, 6.45) is 2.39. The van der Waals surface area contributed by atoms with Gasteiger partial charge in [-0.3, -0.25) is 0 Å². The van der Waals surface area contributed by atoms with Crippen molar-refractivity contribution in [3.05, 3.63) is 72.2 Å². The number of benzene rings is 2. The fraction of sp³-hybridized carbons (Fsp3) is 0.125. The van der Waals surface area contributed by atoms with Crippen LogP contribution in [0.2, 0.25) is 0 Å². The van der Waals surface area contributed by atoms with Gasteiger partial charge in [0.1, 0.15) is 0 Å². The van der Waals surface area contributed by atoms with Crippen LogP contribution in [0.3, 0.4) is 0 Å². The van der Waals surface area contributed by atoms with Gasteiger partial charge in [-0.25, -0.2) is 0 Å². The molecule has 92 valence electrons. The van der Waals surface area contributed by atoms with E-state index in [0.29, 0.717) is 0 Å². The first-order chi connectivity index (χ1) is 8.72. The number of allylic oxidation sites excluding steroid dienone is 2. The lowest BCUT2D eigenvalue weighted by Crippen LogP contribution is -2.12. The van der Waals surface area contributed by atoms with Crippen LogP contribution < -0.4 is 11.1 Å². The maximum Gasteiger partial charge on any atom is 0.0318 e. The average Bonchev–Trinajstić information content (AvgIpc) is 2.39. The highest BCUT2D eigenvalue weighted by Crippen LogP contribution is 2.20. The second-order valence-corrected chi connectivity index (χ2v) is 4.31. The maximum atomic E-state index is 6.10. The third-order valence-electron chi connectivity index (χ3n) is 3.06. The Labute approximate surface area is 108 Å². The van der Waals surface area contributed by atoms with E-state index < -0.39 is 0 Å². The molecule has 2 aromatic rings. The third kappa shape index (κ3) is 2.54. The highest BCUT2D eigenvalue weighted by atomic mass is 14.9. The molecule has 0 bridgehead atoms. The Balaban J connectivity index is 2.38. The van der Waals surface area contributed by atoms with Crippen LogP contribution in [0.15, 0.2) is 66.6 Å². The molecule has 18 heavy (non-hydrogen) atoms. The van der Waals surface area contributed by atoms with Crippen LogP contribution in [0.5, 0.6) is 0 Å². The van der Waals surface area contributed by atoms with Crippen LogP contribution in [0.4, 0.5) is 0 Å². The molecule has 0 radical (unpaired) electrons. The Bertz CT molecular complexity index is 592. The van der Waals surface area contributed by atoms with Crippen molar-refractivity contribution in [1.82, 2.24) is 5.32 Å². The van der Waals surface area contributed by atoms with Crippen molar-refractivity contribution in [2.24, 2.45) is 5.73 Å². The van der Waals surface area contributed by atoms with Crippen LogP contribution in [-0.2, 0) is 6.42 Å². The summed E-state index contributed by atoms with van der Waals surface area (Å²) in [4.78, 5) is 0. The SMILES string of the molecule is C=CN/C(C)=C(\N)Cc1cccc2ccccc12. The molecule has 2 nitrogen and oxygen atoms in total. The molecule has 0 aliphatic heterocycles. The Morgan fingerprint density at radius 1 is 1.22 bits per heavy atom. The highest BCUT2D eigenvalue weighted by Gasteiger charge is 2.03. The molecule has 3 N–H and O–H groups in total. The summed E-state index contributed by atoms with van der Waals surface area (Å²) in [6.45, 7) is 5.60. The molecule has 2 aromatic carbocycles. The van der Waals surface area contributed by atoms with Crippen LogP contribution in [0.25, 0.3) is 10.8 Å². The van der Waals surface area contributed by atoms with Crippen molar-refractivity contribution in [2.75, 3.05) is 0 Å². The number of rotatable bonds is 4. The number of nitrogens with one attached hydrogen (secondary N) is 1. The lowest BCUT2D eigenvalue weighted by atomic mass is 10.0. The minimum absolute atomic E-state index is 0.744. The van der Waals surface area contributed by atoms with Crippen LogP contribution in [-0.4, -0.2) is 0 Å². The monoisotopic (exact) mass is 238 g/mol. The molecule has 0 aromatic heterocycles. The number of hydrogen-bond donors (Lipinski definition) is 2. The molecule has 0 saturated carbocycles. The van der Waals surface area contributed by atoms with Gasteiger partial charge in [-0.05, 0) is 29.5 Å². The summed E-state index contributed by atoms with van der Waals surface area (Å²) >= 11 is 0. The quantitative estimate of drug-likeness (QED) is 0.857. The first-order valence-corrected chi connectivity index (χ1v) is 6.01. The summed E-state index contributed by atoms with van der Waals surface area (Å²) in [5.41, 5.74) is 9.14. The summed E-state index contributed by atoms with van der Waals surface area (Å²) in [7, 11) is 0. The van der Waals surface area contributed by atoms with Crippen molar-refractivity contribution >= 4 is 10.8 Å². The number of fused-ring (bicyclic) bond motifs is 1. The summed E-state index contributed by atoms with van der Waals surface area (Å²) in [5, 5.41) is 5.54. The van der Waals surface area contributed by atoms with Gasteiger partial charge >= 0.3 is 0 Å². The van der Waals surface area contributed by atoms with Gasteiger partial charge in [-0.15, -0.1) is 0 Å². The molecular weight excluding hydrogens is 220 g/mol. The predicted octanol–water partition coefficient (Wildman–Crippen LogP) is 3.31. The largest absolute Gasteiger partial charge is 0.400 e. The first-order valence-electron chi connectivity index (χ1n) is 6.01. The second-order valence-electron chi connectivity index (χ2n) is 4.31. The minimum Gasteiger partial charge on any atom is -0.400 e. The Morgan fingerprint density at radius 3 is 2.72 bits per heavy atom. The van der Waals surface area contributed by atoms with Crippen LogP contribution in [0, 0.1) is 0 Å². The highest BCUT2D eigenvalue weighted by molar-refractivity contribution is 5.85. The zero-order chi connectivity index (χ0) is 13.0. The predicted molar refractivity (Wildman–Crippen MR) is 77.9 cm³/mol. The van der Waals surface area contributed by atoms with Gasteiger partial charge in [0.25, 0.3) is 0 Å². The molecular formula is C16H18N2. The van der Waals surface area contributed by atoms with E-state index in [0.717, 1.165) is 17.8 Å². The fourth-order valence-electron chi connectivity index (χ4n) is 2.03. The molecule has 0 saturated heterocycles. The molecule has 0 atom stereocenters. The van der Waals surface area contributed by atoms with E-state index in [4.69, 9.17) is 5.73 Å². The Kier molecular flexibility index (Phi) is 3.68. The average molecular weight is 238 g/mol. The first kappa shape index (κ1) is 12.2. The number of hydrogen-bond acceptors (Lipinski definition) is 2. The molecule has 0 aliphatic carbocycles. The molecule has 2 rings (SSSR count). The van der Waals surface area contributed by atoms with Crippen molar-refractivity contribution in [1.29, 1.82) is 0 Å². The molecule has 0 fully saturated rings. The molecule has 0 spiro atoms. The Hall–Kier alpha value is -2.22. The maximum absolute atomic E-state index is 6.10. The van der Waals surface area contributed by atoms with E-state index in [9.17, 15) is 0 Å². The number of nitrogens with two attached hydrogens (primary N) is 1. The van der Waals surface area contributed by atoms with Gasteiger partial charge in [0.2, 0.25) is 0 Å². The minimum atomic E-state index is 0.744. The normalized spacial score (nSPS) is 12.1. The van der Waals surface area contributed by atoms with Crippen molar-refractivity contribution < 1.29 is 0 Å². The van der Waals surface area contributed by atoms with Crippen molar-refractivity contribution in [2.45, 2.75) is 13.3 Å². The lowest BCUT2D eigenvalue weighted by molar-refractivity contribution is 0.964. The molecule has 0 amide bonds. The van der Waals surface area contributed by atoms with Gasteiger partial charge in [0, 0.05) is 17.8 Å². The molecule has 0 aliphatic rings. The topological polar surface area (TPSA) is 38.0 Å². The van der Waals surface area contributed by atoms with Gasteiger partial charge in [-0.2, -0.15) is 0 Å². The molecule has 2 heteroatoms. The van der Waals surface area contributed by atoms with E-state index in [1.165, 1.54) is 16.3 Å². The third-order valence-corrected chi connectivity index (χ3v) is 3.06.